The van der Waals surface area contributed by atoms with E-state index in [1.807, 2.05) is 0 Å². The number of rotatable bonds is 5. The van der Waals surface area contributed by atoms with Gasteiger partial charge < -0.3 is 18.8 Å². The molecule has 1 amide bonds. The second kappa shape index (κ2) is 7.98. The molecule has 0 bridgehead atoms. The highest BCUT2D eigenvalue weighted by molar-refractivity contribution is 5.86. The Labute approximate surface area is 175 Å². The third-order valence-corrected chi connectivity index (χ3v) is 4.91. The summed E-state index contributed by atoms with van der Waals surface area (Å²) in [7, 11) is 1.21. The molecule has 1 saturated heterocycles. The number of methoxy groups -OCH3 is 1. The number of furan rings is 1. The molecule has 1 aromatic carbocycles. The summed E-state index contributed by atoms with van der Waals surface area (Å²) in [6.07, 6.45) is -5.78. The van der Waals surface area contributed by atoms with Gasteiger partial charge in [-0.15, -0.1) is 0 Å². The van der Waals surface area contributed by atoms with Crippen molar-refractivity contribution in [2.24, 2.45) is 5.41 Å². The number of amides is 1. The molecule has 164 valence electrons. The zero-order chi connectivity index (χ0) is 23.0. The van der Waals surface area contributed by atoms with Crippen molar-refractivity contribution in [3.05, 3.63) is 53.0 Å². The predicted octanol–water partition coefficient (Wildman–Crippen LogP) is 3.77. The molecule has 0 aliphatic carbocycles. The van der Waals surface area contributed by atoms with Crippen LogP contribution in [0.25, 0.3) is 0 Å². The summed E-state index contributed by atoms with van der Waals surface area (Å²) < 4.78 is 55.3. The number of nitriles is 1. The standard InChI is InChI=1S/C21H19F3N2O5/c1-20(2)11-26(10-14-6-7-16(30-14)19(28)29-3)18(27)17(20)31-13-5-4-12(9-25)15(8-13)21(22,23)24/h4-8,17H,10-11H2,1-3H3. The summed E-state index contributed by atoms with van der Waals surface area (Å²) in [5, 5.41) is 8.92. The Morgan fingerprint density at radius 1 is 1.32 bits per heavy atom. The molecule has 7 nitrogen and oxygen atoms in total. The van der Waals surface area contributed by atoms with Crippen LogP contribution >= 0.6 is 0 Å². The Balaban J connectivity index is 1.80. The summed E-state index contributed by atoms with van der Waals surface area (Å²) in [4.78, 5) is 25.9. The highest BCUT2D eigenvalue weighted by Gasteiger charge is 2.48. The number of nitrogens with zero attached hydrogens (tertiary/aromatic N) is 2. The van der Waals surface area contributed by atoms with Crippen molar-refractivity contribution in [2.45, 2.75) is 32.7 Å². The minimum absolute atomic E-state index is 0.00605. The van der Waals surface area contributed by atoms with E-state index in [0.29, 0.717) is 5.76 Å². The smallest absolute Gasteiger partial charge is 0.417 e. The predicted molar refractivity (Wildman–Crippen MR) is 99.8 cm³/mol. The first-order chi connectivity index (χ1) is 14.5. The molecule has 0 N–H and O–H groups in total. The number of carbonyl (C=O) groups excluding carboxylic acids is 2. The Hall–Kier alpha value is -3.48. The molecule has 0 radical (unpaired) electrons. The van der Waals surface area contributed by atoms with Gasteiger partial charge in [-0.2, -0.15) is 18.4 Å². The second-order valence-electron chi connectivity index (χ2n) is 7.76. The topological polar surface area (TPSA) is 92.8 Å². The molecule has 2 aromatic rings. The van der Waals surface area contributed by atoms with Gasteiger partial charge in [0.2, 0.25) is 5.76 Å². The van der Waals surface area contributed by atoms with E-state index < -0.39 is 40.7 Å². The molecular formula is C21H19F3N2O5. The van der Waals surface area contributed by atoms with E-state index in [0.717, 1.165) is 12.1 Å². The van der Waals surface area contributed by atoms with Gasteiger partial charge in [0.25, 0.3) is 5.91 Å². The van der Waals surface area contributed by atoms with Crippen LogP contribution in [0.4, 0.5) is 13.2 Å². The fourth-order valence-electron chi connectivity index (χ4n) is 3.42. The van der Waals surface area contributed by atoms with Crippen molar-refractivity contribution >= 4 is 11.9 Å². The molecule has 2 heterocycles. The van der Waals surface area contributed by atoms with Crippen LogP contribution in [-0.4, -0.2) is 36.5 Å². The van der Waals surface area contributed by atoms with Crippen LogP contribution in [0.1, 0.15) is 41.3 Å². The summed E-state index contributed by atoms with van der Waals surface area (Å²) in [5.74, 6) is -0.900. The van der Waals surface area contributed by atoms with Crippen LogP contribution in [0.5, 0.6) is 5.75 Å². The number of hydrogen-bond acceptors (Lipinski definition) is 6. The average molecular weight is 436 g/mol. The van der Waals surface area contributed by atoms with E-state index >= 15 is 0 Å². The van der Waals surface area contributed by atoms with Crippen LogP contribution < -0.4 is 4.74 Å². The molecule has 0 spiro atoms. The van der Waals surface area contributed by atoms with Crippen molar-refractivity contribution in [1.82, 2.24) is 4.90 Å². The number of benzene rings is 1. The maximum atomic E-state index is 13.2. The summed E-state index contributed by atoms with van der Waals surface area (Å²) in [6.45, 7) is 3.82. The second-order valence-corrected chi connectivity index (χ2v) is 7.76. The molecule has 1 unspecified atom stereocenters. The first-order valence-electron chi connectivity index (χ1n) is 9.20. The first-order valence-corrected chi connectivity index (χ1v) is 9.20. The lowest BCUT2D eigenvalue weighted by molar-refractivity contribution is -0.138. The molecule has 1 fully saturated rings. The van der Waals surface area contributed by atoms with Crippen LogP contribution in [0.15, 0.2) is 34.7 Å². The Bertz CT molecular complexity index is 1050. The van der Waals surface area contributed by atoms with E-state index in [1.165, 1.54) is 36.3 Å². The Morgan fingerprint density at radius 2 is 2.03 bits per heavy atom. The van der Waals surface area contributed by atoms with Gasteiger partial charge in [0.15, 0.2) is 6.10 Å². The van der Waals surface area contributed by atoms with Gasteiger partial charge in [-0.05, 0) is 30.3 Å². The largest absolute Gasteiger partial charge is 0.480 e. The van der Waals surface area contributed by atoms with E-state index in [1.54, 1.807) is 13.8 Å². The minimum Gasteiger partial charge on any atom is -0.480 e. The van der Waals surface area contributed by atoms with Crippen LogP contribution in [-0.2, 0) is 22.3 Å². The molecule has 10 heteroatoms. The van der Waals surface area contributed by atoms with Crippen molar-refractivity contribution in [2.75, 3.05) is 13.7 Å². The zero-order valence-corrected chi connectivity index (χ0v) is 16.9. The maximum Gasteiger partial charge on any atom is 0.417 e. The van der Waals surface area contributed by atoms with Crippen LogP contribution in [0, 0.1) is 16.7 Å². The van der Waals surface area contributed by atoms with Gasteiger partial charge in [-0.1, -0.05) is 13.8 Å². The molecule has 0 saturated carbocycles. The molecule has 1 atom stereocenters. The van der Waals surface area contributed by atoms with Gasteiger partial charge in [0.05, 0.1) is 30.9 Å². The van der Waals surface area contributed by atoms with Crippen molar-refractivity contribution in [3.8, 4) is 11.8 Å². The van der Waals surface area contributed by atoms with Gasteiger partial charge in [0.1, 0.15) is 11.5 Å². The van der Waals surface area contributed by atoms with Crippen molar-refractivity contribution < 1.29 is 36.7 Å². The van der Waals surface area contributed by atoms with Gasteiger partial charge >= 0.3 is 12.1 Å². The fraction of sp³-hybridized carbons (Fsp3) is 0.381. The highest BCUT2D eigenvalue weighted by atomic mass is 19.4. The third-order valence-electron chi connectivity index (χ3n) is 4.91. The highest BCUT2D eigenvalue weighted by Crippen LogP contribution is 2.38. The molecule has 3 rings (SSSR count). The SMILES string of the molecule is COC(=O)c1ccc(CN2CC(C)(C)C(Oc3ccc(C#N)c(C(F)(F)F)c3)C2=O)o1. The molecule has 1 aromatic heterocycles. The molecule has 1 aliphatic heterocycles. The number of esters is 1. The Morgan fingerprint density at radius 3 is 2.65 bits per heavy atom. The number of alkyl halides is 3. The normalized spacial score (nSPS) is 18.0. The van der Waals surface area contributed by atoms with E-state index in [9.17, 15) is 22.8 Å². The van der Waals surface area contributed by atoms with Crippen molar-refractivity contribution in [1.29, 1.82) is 5.26 Å². The number of carbonyl (C=O) groups is 2. The summed E-state index contributed by atoms with van der Waals surface area (Å²) in [5.41, 5.74) is -2.38. The summed E-state index contributed by atoms with van der Waals surface area (Å²) >= 11 is 0. The van der Waals surface area contributed by atoms with E-state index in [2.05, 4.69) is 4.74 Å². The number of ether oxygens (including phenoxy) is 2. The fourth-order valence-corrected chi connectivity index (χ4v) is 3.42. The lowest BCUT2D eigenvalue weighted by atomic mass is 9.89. The molecule has 31 heavy (non-hydrogen) atoms. The number of halogens is 3. The minimum atomic E-state index is -4.73. The maximum absolute atomic E-state index is 13.2. The average Bonchev–Trinajstić information content (AvgIpc) is 3.25. The molecule has 1 aliphatic rings. The summed E-state index contributed by atoms with van der Waals surface area (Å²) in [6, 6.07) is 7.43. The van der Waals surface area contributed by atoms with Crippen LogP contribution in [0.3, 0.4) is 0 Å². The zero-order valence-electron chi connectivity index (χ0n) is 16.9. The lowest BCUT2D eigenvalue weighted by Crippen LogP contribution is -2.36. The Kier molecular flexibility index (Phi) is 5.72. The third kappa shape index (κ3) is 4.50. The van der Waals surface area contributed by atoms with Crippen LogP contribution in [0.2, 0.25) is 0 Å². The van der Waals surface area contributed by atoms with Crippen molar-refractivity contribution in [3.63, 3.8) is 0 Å². The van der Waals surface area contributed by atoms with Gasteiger partial charge in [0, 0.05) is 12.0 Å². The lowest BCUT2D eigenvalue weighted by Gasteiger charge is -2.24. The monoisotopic (exact) mass is 436 g/mol. The van der Waals surface area contributed by atoms with Gasteiger partial charge in [-0.3, -0.25) is 4.79 Å². The van der Waals surface area contributed by atoms with E-state index in [4.69, 9.17) is 14.4 Å². The quantitative estimate of drug-likeness (QED) is 0.663. The number of hydrogen-bond donors (Lipinski definition) is 0. The number of likely N-dealkylation sites (tertiary alicyclic amines) is 1. The molecular weight excluding hydrogens is 417 g/mol. The first kappa shape index (κ1) is 22.2. The van der Waals surface area contributed by atoms with Gasteiger partial charge in [-0.25, -0.2) is 4.79 Å². The van der Waals surface area contributed by atoms with E-state index in [-0.39, 0.29) is 24.6 Å².